The highest BCUT2D eigenvalue weighted by atomic mass is 79.9. The van der Waals surface area contributed by atoms with Crippen molar-refractivity contribution in [2.75, 3.05) is 19.7 Å². The predicted octanol–water partition coefficient (Wildman–Crippen LogP) is 5.35. The van der Waals surface area contributed by atoms with Gasteiger partial charge in [-0.15, -0.1) is 0 Å². The third-order valence-electron chi connectivity index (χ3n) is 6.85. The summed E-state index contributed by atoms with van der Waals surface area (Å²) in [6.45, 7) is 1.24. The molecule has 1 N–H and O–H groups in total. The summed E-state index contributed by atoms with van der Waals surface area (Å²) >= 11 is 3.47. The van der Waals surface area contributed by atoms with E-state index in [1.54, 1.807) is 4.90 Å². The van der Waals surface area contributed by atoms with E-state index in [-0.39, 0.29) is 24.7 Å². The number of nitrogens with zero attached hydrogens (tertiary/aromatic N) is 1. The number of benzene rings is 2. The van der Waals surface area contributed by atoms with Crippen LogP contribution in [0.2, 0.25) is 0 Å². The van der Waals surface area contributed by atoms with Crippen molar-refractivity contribution in [1.82, 2.24) is 4.90 Å². The van der Waals surface area contributed by atoms with Gasteiger partial charge in [-0.3, -0.25) is 0 Å². The van der Waals surface area contributed by atoms with E-state index in [9.17, 15) is 14.7 Å². The summed E-state index contributed by atoms with van der Waals surface area (Å²) in [5, 5.41) is 9.22. The second-order valence-corrected chi connectivity index (χ2v) is 9.80. The normalized spacial score (nSPS) is 22.1. The number of carboxylic acid groups (broad SMARTS) is 1. The van der Waals surface area contributed by atoms with Gasteiger partial charge in [-0.25, -0.2) is 9.59 Å². The van der Waals surface area contributed by atoms with Crippen LogP contribution in [0, 0.1) is 5.41 Å². The van der Waals surface area contributed by atoms with Crippen molar-refractivity contribution in [2.24, 2.45) is 5.41 Å². The summed E-state index contributed by atoms with van der Waals surface area (Å²) in [6, 6.07) is 17.6. The van der Waals surface area contributed by atoms with E-state index in [0.29, 0.717) is 13.1 Å². The van der Waals surface area contributed by atoms with Crippen molar-refractivity contribution in [1.29, 1.82) is 0 Å². The molecule has 6 nitrogen and oxygen atoms in total. The van der Waals surface area contributed by atoms with Gasteiger partial charge in [0, 0.05) is 17.6 Å². The van der Waals surface area contributed by atoms with Gasteiger partial charge in [0.2, 0.25) is 0 Å². The lowest BCUT2D eigenvalue weighted by atomic mass is 9.75. The first-order valence-electron chi connectivity index (χ1n) is 11.0. The fraction of sp³-hybridized carbons (Fsp3) is 0.440. The van der Waals surface area contributed by atoms with E-state index in [0.717, 1.165) is 47.7 Å². The maximum atomic E-state index is 12.5. The Balaban J connectivity index is 1.39. The number of amides is 1. The smallest absolute Gasteiger partial charge is 0.410 e. The highest BCUT2D eigenvalue weighted by Gasteiger charge is 2.51. The number of hydrogen-bond donors (Lipinski definition) is 1. The van der Waals surface area contributed by atoms with E-state index in [2.05, 4.69) is 15.9 Å². The maximum Gasteiger partial charge on any atom is 0.410 e. The highest BCUT2D eigenvalue weighted by molar-refractivity contribution is 9.10. The molecule has 1 unspecified atom stereocenters. The van der Waals surface area contributed by atoms with Gasteiger partial charge in [0.25, 0.3) is 0 Å². The van der Waals surface area contributed by atoms with Crippen LogP contribution in [0.25, 0.3) is 0 Å². The molecule has 1 heterocycles. The Kier molecular flexibility index (Phi) is 6.86. The summed E-state index contributed by atoms with van der Waals surface area (Å²) < 4.78 is 12.5. The first-order chi connectivity index (χ1) is 15.4. The fourth-order valence-electron chi connectivity index (χ4n) is 5.06. The Bertz CT molecular complexity index is 941. The molecule has 0 bridgehead atoms. The number of carbonyl (C=O) groups excluding carboxylic acids is 1. The Hall–Kier alpha value is -2.38. The Morgan fingerprint density at radius 2 is 1.66 bits per heavy atom. The monoisotopic (exact) mass is 501 g/mol. The zero-order chi connectivity index (χ0) is 22.6. The van der Waals surface area contributed by atoms with Crippen molar-refractivity contribution in [3.63, 3.8) is 0 Å². The molecule has 2 aromatic rings. The molecule has 1 spiro atoms. The van der Waals surface area contributed by atoms with Crippen LogP contribution >= 0.6 is 15.9 Å². The van der Waals surface area contributed by atoms with Crippen molar-refractivity contribution < 1.29 is 24.2 Å². The van der Waals surface area contributed by atoms with Crippen LogP contribution in [-0.4, -0.2) is 41.8 Å². The van der Waals surface area contributed by atoms with E-state index in [1.165, 1.54) is 0 Å². The molecule has 2 aliphatic rings. The van der Waals surface area contributed by atoms with Crippen LogP contribution in [0.5, 0.6) is 0 Å². The number of carboxylic acids is 1. The molecule has 1 amide bonds. The van der Waals surface area contributed by atoms with Crippen molar-refractivity contribution >= 4 is 28.0 Å². The van der Waals surface area contributed by atoms with Crippen molar-refractivity contribution in [2.45, 2.75) is 44.3 Å². The largest absolute Gasteiger partial charge is 0.480 e. The molecule has 1 aliphatic heterocycles. The Morgan fingerprint density at radius 3 is 2.31 bits per heavy atom. The summed E-state index contributed by atoms with van der Waals surface area (Å²) in [5.41, 5.74) is 1.43. The van der Waals surface area contributed by atoms with Crippen molar-refractivity contribution in [3.8, 4) is 0 Å². The lowest BCUT2D eigenvalue weighted by molar-refractivity contribution is -0.151. The van der Waals surface area contributed by atoms with Crippen LogP contribution in [0.3, 0.4) is 0 Å². The standard InChI is InChI=1S/C25H28BrNO5/c26-21-8-6-20(7-9-21)25(32-17-22(28)29)11-10-24(18-25)12-14-27(15-13-24)23(30)31-16-19-4-2-1-3-5-19/h1-9H,10-18H2,(H,28,29). The number of likely N-dealkylation sites (tertiary alicyclic amines) is 1. The van der Waals surface area contributed by atoms with E-state index in [1.807, 2.05) is 54.6 Å². The van der Waals surface area contributed by atoms with Gasteiger partial charge >= 0.3 is 12.1 Å². The third kappa shape index (κ3) is 5.15. The van der Waals surface area contributed by atoms with Gasteiger partial charge in [-0.1, -0.05) is 58.4 Å². The van der Waals surface area contributed by atoms with Gasteiger partial charge in [-0.05, 0) is 60.8 Å². The molecule has 1 saturated heterocycles. The average molecular weight is 502 g/mol. The first-order valence-corrected chi connectivity index (χ1v) is 11.8. The number of ether oxygens (including phenoxy) is 2. The number of piperidine rings is 1. The maximum absolute atomic E-state index is 12.5. The van der Waals surface area contributed by atoms with Crippen LogP contribution in [-0.2, 0) is 26.5 Å². The quantitative estimate of drug-likeness (QED) is 0.577. The van der Waals surface area contributed by atoms with Gasteiger partial charge in [-0.2, -0.15) is 0 Å². The molecular weight excluding hydrogens is 474 g/mol. The SMILES string of the molecule is O=C(O)COC1(c2ccc(Br)cc2)CCC2(CCN(C(=O)OCc3ccccc3)CC2)C1. The fourth-order valence-corrected chi connectivity index (χ4v) is 5.32. The minimum atomic E-state index is -0.960. The molecule has 170 valence electrons. The predicted molar refractivity (Wildman–Crippen MR) is 123 cm³/mol. The molecule has 4 rings (SSSR count). The number of aliphatic carboxylic acids is 1. The molecule has 32 heavy (non-hydrogen) atoms. The topological polar surface area (TPSA) is 76.1 Å². The Morgan fingerprint density at radius 1 is 0.969 bits per heavy atom. The molecule has 7 heteroatoms. The van der Waals surface area contributed by atoms with Gasteiger partial charge in [0.1, 0.15) is 13.2 Å². The highest BCUT2D eigenvalue weighted by Crippen LogP contribution is 2.56. The lowest BCUT2D eigenvalue weighted by Gasteiger charge is -2.40. The Labute approximate surface area is 196 Å². The number of rotatable bonds is 6. The second-order valence-electron chi connectivity index (χ2n) is 8.89. The molecule has 0 radical (unpaired) electrons. The lowest BCUT2D eigenvalue weighted by Crippen LogP contribution is -2.43. The average Bonchev–Trinajstić information content (AvgIpc) is 3.17. The summed E-state index contributed by atoms with van der Waals surface area (Å²) in [4.78, 5) is 25.6. The minimum absolute atomic E-state index is 0.0434. The molecule has 1 atom stereocenters. The van der Waals surface area contributed by atoms with Gasteiger partial charge in [0.15, 0.2) is 0 Å². The molecule has 2 fully saturated rings. The van der Waals surface area contributed by atoms with E-state index in [4.69, 9.17) is 9.47 Å². The number of hydrogen-bond acceptors (Lipinski definition) is 4. The number of halogens is 1. The van der Waals surface area contributed by atoms with Gasteiger partial charge in [0.05, 0.1) is 5.60 Å². The molecule has 0 aromatic heterocycles. The second kappa shape index (κ2) is 9.63. The molecule has 2 aromatic carbocycles. The van der Waals surface area contributed by atoms with E-state index < -0.39 is 11.6 Å². The zero-order valence-corrected chi connectivity index (χ0v) is 19.6. The van der Waals surface area contributed by atoms with Crippen molar-refractivity contribution in [3.05, 3.63) is 70.2 Å². The minimum Gasteiger partial charge on any atom is -0.480 e. The number of carbonyl (C=O) groups is 2. The van der Waals surface area contributed by atoms with Crippen LogP contribution < -0.4 is 0 Å². The summed E-state index contributed by atoms with van der Waals surface area (Å²) in [7, 11) is 0. The summed E-state index contributed by atoms with van der Waals surface area (Å²) in [6.07, 6.45) is 3.95. The molecule has 1 aliphatic carbocycles. The van der Waals surface area contributed by atoms with Crippen LogP contribution in [0.1, 0.15) is 43.2 Å². The summed E-state index contributed by atoms with van der Waals surface area (Å²) in [5.74, 6) is -0.960. The first kappa shape index (κ1) is 22.8. The zero-order valence-electron chi connectivity index (χ0n) is 18.0. The van der Waals surface area contributed by atoms with Crippen LogP contribution in [0.4, 0.5) is 4.79 Å². The molecule has 1 saturated carbocycles. The molecular formula is C25H28BrNO5. The van der Waals surface area contributed by atoms with Gasteiger partial charge < -0.3 is 19.5 Å². The third-order valence-corrected chi connectivity index (χ3v) is 7.38. The van der Waals surface area contributed by atoms with Crippen LogP contribution in [0.15, 0.2) is 59.1 Å². The van der Waals surface area contributed by atoms with E-state index >= 15 is 0 Å².